The molecule has 0 saturated heterocycles. The van der Waals surface area contributed by atoms with E-state index < -0.39 is 0 Å². The lowest BCUT2D eigenvalue weighted by Crippen LogP contribution is -2.23. The predicted octanol–water partition coefficient (Wildman–Crippen LogP) is 3.32. The fourth-order valence-electron chi connectivity index (χ4n) is 1.52. The molecule has 1 unspecified atom stereocenters. The van der Waals surface area contributed by atoms with Crippen molar-refractivity contribution < 1.29 is 4.74 Å². The lowest BCUT2D eigenvalue weighted by atomic mass is 10.3. The molecular formula is C14H16ClN3O. The number of nitrogens with one attached hydrogen (secondary N) is 1. The van der Waals surface area contributed by atoms with Crippen LogP contribution in [0.5, 0.6) is 5.75 Å². The predicted molar refractivity (Wildman–Crippen MR) is 76.8 cm³/mol. The zero-order chi connectivity index (χ0) is 13.7. The van der Waals surface area contributed by atoms with E-state index in [-0.39, 0.29) is 6.10 Å². The first-order valence-corrected chi connectivity index (χ1v) is 6.46. The molecule has 2 aromatic rings. The number of ether oxygens (including phenoxy) is 1. The minimum atomic E-state index is -0.0372. The van der Waals surface area contributed by atoms with Crippen molar-refractivity contribution in [3.63, 3.8) is 0 Å². The van der Waals surface area contributed by atoms with Gasteiger partial charge in [-0.15, -0.1) is 0 Å². The van der Waals surface area contributed by atoms with Crippen LogP contribution < -0.4 is 10.1 Å². The number of aryl methyl sites for hydroxylation is 1. The smallest absolute Gasteiger partial charge is 0.222 e. The summed E-state index contributed by atoms with van der Waals surface area (Å²) in [5.74, 6) is 1.28. The molecule has 1 aromatic heterocycles. The largest absolute Gasteiger partial charge is 0.487 e. The van der Waals surface area contributed by atoms with Gasteiger partial charge in [-0.3, -0.25) is 0 Å². The molecule has 5 heteroatoms. The zero-order valence-corrected chi connectivity index (χ0v) is 11.7. The topological polar surface area (TPSA) is 47.0 Å². The Balaban J connectivity index is 1.86. The third kappa shape index (κ3) is 4.10. The second-order valence-corrected chi connectivity index (χ2v) is 4.73. The normalized spacial score (nSPS) is 11.9. The van der Waals surface area contributed by atoms with Gasteiger partial charge in [0.15, 0.2) is 0 Å². The van der Waals surface area contributed by atoms with Crippen LogP contribution in [0, 0.1) is 6.92 Å². The van der Waals surface area contributed by atoms with Gasteiger partial charge in [-0.1, -0.05) is 23.7 Å². The molecule has 1 aromatic carbocycles. The van der Waals surface area contributed by atoms with E-state index in [0.29, 0.717) is 23.3 Å². The molecule has 1 heterocycles. The number of benzene rings is 1. The number of nitrogens with zero attached hydrogens (tertiary/aromatic N) is 2. The first-order chi connectivity index (χ1) is 9.15. The Bertz CT molecular complexity index is 530. The van der Waals surface area contributed by atoms with Crippen LogP contribution in [0.1, 0.15) is 12.5 Å². The Kier molecular flexibility index (Phi) is 4.58. The third-order valence-electron chi connectivity index (χ3n) is 2.49. The fourth-order valence-corrected chi connectivity index (χ4v) is 1.70. The number of aromatic nitrogens is 2. The monoisotopic (exact) mass is 277 g/mol. The summed E-state index contributed by atoms with van der Waals surface area (Å²) in [4.78, 5) is 8.34. The van der Waals surface area contributed by atoms with E-state index in [1.165, 1.54) is 0 Å². The highest BCUT2D eigenvalue weighted by Crippen LogP contribution is 2.24. The number of rotatable bonds is 5. The summed E-state index contributed by atoms with van der Waals surface area (Å²) in [5.41, 5.74) is 1.03. The summed E-state index contributed by atoms with van der Waals surface area (Å²) in [6.07, 6.45) is 3.51. The van der Waals surface area contributed by atoms with Crippen LogP contribution >= 0.6 is 11.6 Å². The number of halogens is 1. The van der Waals surface area contributed by atoms with Crippen molar-refractivity contribution in [2.45, 2.75) is 20.0 Å². The molecule has 0 saturated carbocycles. The van der Waals surface area contributed by atoms with E-state index in [1.807, 2.05) is 32.0 Å². The van der Waals surface area contributed by atoms with E-state index in [1.54, 1.807) is 18.5 Å². The molecule has 1 N–H and O–H groups in total. The maximum atomic E-state index is 6.03. The quantitative estimate of drug-likeness (QED) is 0.911. The molecule has 0 fully saturated rings. The first-order valence-electron chi connectivity index (χ1n) is 6.09. The second-order valence-electron chi connectivity index (χ2n) is 4.32. The first kappa shape index (κ1) is 13.6. The van der Waals surface area contributed by atoms with Crippen LogP contribution in [0.3, 0.4) is 0 Å². The van der Waals surface area contributed by atoms with E-state index in [4.69, 9.17) is 16.3 Å². The van der Waals surface area contributed by atoms with Crippen molar-refractivity contribution in [2.75, 3.05) is 11.9 Å². The van der Waals surface area contributed by atoms with Gasteiger partial charge in [0.05, 0.1) is 11.6 Å². The van der Waals surface area contributed by atoms with Crippen LogP contribution in [-0.2, 0) is 0 Å². The van der Waals surface area contributed by atoms with Crippen LogP contribution in [0.25, 0.3) is 0 Å². The number of para-hydroxylation sites is 1. The average Bonchev–Trinajstić information content (AvgIpc) is 2.41. The van der Waals surface area contributed by atoms with Crippen LogP contribution in [-0.4, -0.2) is 22.6 Å². The van der Waals surface area contributed by atoms with Gasteiger partial charge in [0.25, 0.3) is 0 Å². The van der Waals surface area contributed by atoms with Crippen LogP contribution in [0.15, 0.2) is 36.7 Å². The summed E-state index contributed by atoms with van der Waals surface area (Å²) < 4.78 is 5.74. The van der Waals surface area contributed by atoms with Gasteiger partial charge in [0.2, 0.25) is 5.95 Å². The van der Waals surface area contributed by atoms with E-state index >= 15 is 0 Å². The fraction of sp³-hybridized carbons (Fsp3) is 0.286. The molecule has 2 rings (SSSR count). The highest BCUT2D eigenvalue weighted by Gasteiger charge is 2.07. The molecule has 0 bridgehead atoms. The van der Waals surface area contributed by atoms with Crippen molar-refractivity contribution >= 4 is 17.5 Å². The minimum absolute atomic E-state index is 0.0372. The zero-order valence-electron chi connectivity index (χ0n) is 10.9. The van der Waals surface area contributed by atoms with Gasteiger partial charge >= 0.3 is 0 Å². The van der Waals surface area contributed by atoms with Crippen molar-refractivity contribution in [3.8, 4) is 5.75 Å². The second kappa shape index (κ2) is 6.38. The third-order valence-corrected chi connectivity index (χ3v) is 2.81. The summed E-state index contributed by atoms with van der Waals surface area (Å²) in [6, 6.07) is 7.42. The Hall–Kier alpha value is -1.81. The molecule has 0 aliphatic heterocycles. The summed E-state index contributed by atoms with van der Waals surface area (Å²) in [7, 11) is 0. The Labute approximate surface area is 117 Å². The van der Waals surface area contributed by atoms with Gasteiger partial charge in [0, 0.05) is 12.4 Å². The summed E-state index contributed by atoms with van der Waals surface area (Å²) >= 11 is 6.03. The molecule has 0 aliphatic rings. The van der Waals surface area contributed by atoms with Gasteiger partial charge in [-0.2, -0.15) is 0 Å². The average molecular weight is 278 g/mol. The lowest BCUT2D eigenvalue weighted by molar-refractivity contribution is 0.234. The molecule has 1 atom stereocenters. The number of anilines is 1. The molecule has 19 heavy (non-hydrogen) atoms. The van der Waals surface area contributed by atoms with Crippen molar-refractivity contribution in [1.82, 2.24) is 9.97 Å². The van der Waals surface area contributed by atoms with Crippen LogP contribution in [0.4, 0.5) is 5.95 Å². The van der Waals surface area contributed by atoms with Crippen molar-refractivity contribution in [2.24, 2.45) is 0 Å². The summed E-state index contributed by atoms with van der Waals surface area (Å²) in [6.45, 7) is 4.52. The van der Waals surface area contributed by atoms with Crippen LogP contribution in [0.2, 0.25) is 5.02 Å². The molecular weight excluding hydrogens is 262 g/mol. The Morgan fingerprint density at radius 2 is 1.95 bits per heavy atom. The van der Waals surface area contributed by atoms with Crippen molar-refractivity contribution in [1.29, 1.82) is 0 Å². The van der Waals surface area contributed by atoms with Gasteiger partial charge < -0.3 is 10.1 Å². The highest BCUT2D eigenvalue weighted by atomic mass is 35.5. The maximum Gasteiger partial charge on any atom is 0.222 e. The molecule has 0 amide bonds. The van der Waals surface area contributed by atoms with E-state index in [9.17, 15) is 0 Å². The highest BCUT2D eigenvalue weighted by molar-refractivity contribution is 6.32. The minimum Gasteiger partial charge on any atom is -0.487 e. The Morgan fingerprint density at radius 1 is 1.26 bits per heavy atom. The maximum absolute atomic E-state index is 6.03. The molecule has 100 valence electrons. The van der Waals surface area contributed by atoms with E-state index in [0.717, 1.165) is 5.56 Å². The lowest BCUT2D eigenvalue weighted by Gasteiger charge is -2.16. The molecule has 4 nitrogen and oxygen atoms in total. The van der Waals surface area contributed by atoms with Gasteiger partial charge in [-0.05, 0) is 31.5 Å². The standard InChI is InChI=1S/C14H16ClN3O/c1-10-7-16-14(17-8-10)18-9-11(2)19-13-6-4-3-5-12(13)15/h3-8,11H,9H2,1-2H3,(H,16,17,18). The summed E-state index contributed by atoms with van der Waals surface area (Å²) in [5, 5.41) is 3.73. The van der Waals surface area contributed by atoms with Gasteiger partial charge in [0.1, 0.15) is 11.9 Å². The van der Waals surface area contributed by atoms with Gasteiger partial charge in [-0.25, -0.2) is 9.97 Å². The molecule has 0 spiro atoms. The molecule has 0 radical (unpaired) electrons. The molecule has 0 aliphatic carbocycles. The SMILES string of the molecule is Cc1cnc(NCC(C)Oc2ccccc2Cl)nc1. The number of hydrogen-bond acceptors (Lipinski definition) is 4. The van der Waals surface area contributed by atoms with Crippen molar-refractivity contribution in [3.05, 3.63) is 47.2 Å². The number of hydrogen-bond donors (Lipinski definition) is 1. The Morgan fingerprint density at radius 3 is 2.63 bits per heavy atom. The van der Waals surface area contributed by atoms with E-state index in [2.05, 4.69) is 15.3 Å².